The number of nitrogens with zero attached hydrogens (tertiary/aromatic N) is 4. The van der Waals surface area contributed by atoms with Gasteiger partial charge in [-0.15, -0.1) is 0 Å². The van der Waals surface area contributed by atoms with Crippen molar-refractivity contribution < 1.29 is 28.2 Å². The van der Waals surface area contributed by atoms with Crippen molar-refractivity contribution in [2.45, 2.75) is 30.6 Å². The third-order valence-electron chi connectivity index (χ3n) is 5.79. The quantitative estimate of drug-likeness (QED) is 0.372. The summed E-state index contributed by atoms with van der Waals surface area (Å²) in [5, 5.41) is 28.0. The number of sulfonamides is 1. The number of likely N-dealkylation sites (tertiary alicyclic amines) is 1. The highest BCUT2D eigenvalue weighted by atomic mass is 32.2. The number of benzene rings is 2. The number of aromatic hydroxyl groups is 1. The summed E-state index contributed by atoms with van der Waals surface area (Å²) >= 11 is 0. The molecule has 1 amide bonds. The van der Waals surface area contributed by atoms with E-state index in [4.69, 9.17) is 0 Å². The lowest BCUT2D eigenvalue weighted by Gasteiger charge is -2.27. The van der Waals surface area contributed by atoms with E-state index in [9.17, 15) is 28.2 Å². The van der Waals surface area contributed by atoms with E-state index in [-0.39, 0.29) is 39.9 Å². The van der Waals surface area contributed by atoms with Crippen LogP contribution in [0.25, 0.3) is 0 Å². The van der Waals surface area contributed by atoms with Crippen LogP contribution in [0.5, 0.6) is 5.75 Å². The Morgan fingerprint density at radius 1 is 0.973 bits per heavy atom. The number of carbonyl (C=O) groups is 2. The van der Waals surface area contributed by atoms with Gasteiger partial charge in [-0.05, 0) is 67.8 Å². The van der Waals surface area contributed by atoms with Crippen molar-refractivity contribution in [2.24, 2.45) is 10.2 Å². The van der Waals surface area contributed by atoms with Gasteiger partial charge in [0.15, 0.2) is 0 Å². The summed E-state index contributed by atoms with van der Waals surface area (Å²) < 4.78 is 27.5. The number of piperidine rings is 1. The Morgan fingerprint density at radius 3 is 2.32 bits per heavy atom. The van der Waals surface area contributed by atoms with E-state index in [1.165, 1.54) is 42.6 Å². The average Bonchev–Trinajstić information content (AvgIpc) is 2.90. The zero-order valence-corrected chi connectivity index (χ0v) is 20.6. The summed E-state index contributed by atoms with van der Waals surface area (Å²) in [7, 11) is -3.86. The fraction of sp³-hybridized carbons (Fsp3) is 0.240. The summed E-state index contributed by atoms with van der Waals surface area (Å²) in [6.45, 7) is 1.27. The fourth-order valence-corrected chi connectivity index (χ4v) is 4.89. The summed E-state index contributed by atoms with van der Waals surface area (Å²) in [4.78, 5) is 30.0. The van der Waals surface area contributed by atoms with Crippen molar-refractivity contribution in [1.29, 1.82) is 0 Å². The molecule has 3 N–H and O–H groups in total. The molecule has 192 valence electrons. The van der Waals surface area contributed by atoms with Gasteiger partial charge in [0.1, 0.15) is 17.1 Å². The number of anilines is 1. The van der Waals surface area contributed by atoms with E-state index in [0.29, 0.717) is 18.8 Å². The molecule has 12 heteroatoms. The number of pyridine rings is 1. The third-order valence-corrected chi connectivity index (χ3v) is 7.16. The molecule has 3 aromatic rings. The zero-order chi connectivity index (χ0) is 26.4. The molecule has 1 fully saturated rings. The molecule has 1 saturated heterocycles. The number of aromatic carboxylic acids is 1. The SMILES string of the molecule is O=C(O)c1cc(N=Nc2ccc(S(=O)(=O)Nc3ccccn3)cc2)cc(CC(=O)N2CCCCC2)c1O. The lowest BCUT2D eigenvalue weighted by Crippen LogP contribution is -2.36. The average molecular weight is 524 g/mol. The number of nitrogens with one attached hydrogen (secondary N) is 1. The Morgan fingerprint density at radius 2 is 1.68 bits per heavy atom. The number of hydrogen-bond donors (Lipinski definition) is 3. The van der Waals surface area contributed by atoms with Crippen molar-refractivity contribution in [3.05, 3.63) is 71.9 Å². The lowest BCUT2D eigenvalue weighted by atomic mass is 10.0. The standard InChI is InChI=1S/C25H25N5O6S/c31-23(30-12-4-1-5-13-30)15-17-14-19(16-21(24(17)32)25(33)34)28-27-18-7-9-20(10-8-18)37(35,36)29-22-6-2-3-11-26-22/h2-3,6-11,14,16,32H,1,4-5,12-13,15H2,(H,26,29)(H,33,34). The molecule has 0 saturated carbocycles. The zero-order valence-electron chi connectivity index (χ0n) is 19.7. The topological polar surface area (TPSA) is 162 Å². The van der Waals surface area contributed by atoms with Crippen LogP contribution < -0.4 is 4.72 Å². The Kier molecular flexibility index (Phi) is 7.77. The normalized spacial score (nSPS) is 14.0. The van der Waals surface area contributed by atoms with Crippen LogP contribution in [0, 0.1) is 0 Å². The first-order chi connectivity index (χ1) is 17.7. The maximum atomic E-state index is 12.7. The number of carboxylic acids is 1. The molecule has 0 atom stereocenters. The molecule has 1 aliphatic heterocycles. The summed E-state index contributed by atoms with van der Waals surface area (Å²) in [5.41, 5.74) is 0.198. The smallest absolute Gasteiger partial charge is 0.339 e. The molecule has 0 bridgehead atoms. The second-order valence-corrected chi connectivity index (χ2v) is 10.1. The first-order valence-corrected chi connectivity index (χ1v) is 13.0. The van der Waals surface area contributed by atoms with Crippen molar-refractivity contribution in [2.75, 3.05) is 17.8 Å². The second-order valence-electron chi connectivity index (χ2n) is 8.44. The molecule has 11 nitrogen and oxygen atoms in total. The molecule has 0 radical (unpaired) electrons. The molecular formula is C25H25N5O6S. The number of rotatable bonds is 8. The van der Waals surface area contributed by atoms with Crippen molar-refractivity contribution in [3.63, 3.8) is 0 Å². The van der Waals surface area contributed by atoms with E-state index in [1.807, 2.05) is 0 Å². The maximum absolute atomic E-state index is 12.7. The molecule has 2 heterocycles. The number of amides is 1. The van der Waals surface area contributed by atoms with Crippen LogP contribution in [-0.2, 0) is 21.2 Å². The van der Waals surface area contributed by atoms with Crippen molar-refractivity contribution in [1.82, 2.24) is 9.88 Å². The molecule has 1 aromatic heterocycles. The van der Waals surface area contributed by atoms with Crippen molar-refractivity contribution in [3.8, 4) is 5.75 Å². The molecule has 1 aliphatic rings. The molecule has 0 aliphatic carbocycles. The van der Waals surface area contributed by atoms with Crippen LogP contribution in [0.4, 0.5) is 17.2 Å². The van der Waals surface area contributed by atoms with Crippen LogP contribution in [0.1, 0.15) is 35.2 Å². The highest BCUT2D eigenvalue weighted by Crippen LogP contribution is 2.31. The highest BCUT2D eigenvalue weighted by Gasteiger charge is 2.22. The largest absolute Gasteiger partial charge is 0.507 e. The van der Waals surface area contributed by atoms with Crippen molar-refractivity contribution >= 4 is 39.1 Å². The maximum Gasteiger partial charge on any atom is 0.339 e. The summed E-state index contributed by atoms with van der Waals surface area (Å²) in [6, 6.07) is 13.0. The van der Waals surface area contributed by atoms with E-state index in [1.54, 1.807) is 17.0 Å². The molecule has 2 aromatic carbocycles. The van der Waals surface area contributed by atoms with Gasteiger partial charge in [-0.25, -0.2) is 18.2 Å². The molecule has 4 rings (SSSR count). The minimum absolute atomic E-state index is 0.00610. The third kappa shape index (κ3) is 6.47. The summed E-state index contributed by atoms with van der Waals surface area (Å²) in [6.07, 6.45) is 4.18. The van der Waals surface area contributed by atoms with Gasteiger partial charge < -0.3 is 15.1 Å². The molecule has 0 unspecified atom stereocenters. The van der Waals surface area contributed by atoms with E-state index in [0.717, 1.165) is 25.3 Å². The van der Waals surface area contributed by atoms with Crippen LogP contribution in [0.15, 0.2) is 75.9 Å². The van der Waals surface area contributed by atoms with Gasteiger partial charge in [-0.2, -0.15) is 10.2 Å². The fourth-order valence-electron chi connectivity index (χ4n) is 3.88. The van der Waals surface area contributed by atoms with E-state index in [2.05, 4.69) is 19.9 Å². The highest BCUT2D eigenvalue weighted by molar-refractivity contribution is 7.92. The minimum Gasteiger partial charge on any atom is -0.507 e. The van der Waals surface area contributed by atoms with Gasteiger partial charge in [0.2, 0.25) is 5.91 Å². The second kappa shape index (κ2) is 11.2. The lowest BCUT2D eigenvalue weighted by molar-refractivity contribution is -0.131. The van der Waals surface area contributed by atoms with Gasteiger partial charge in [0.05, 0.1) is 22.7 Å². The number of carbonyl (C=O) groups excluding carboxylic acids is 1. The minimum atomic E-state index is -3.86. The van der Waals surface area contributed by atoms with Gasteiger partial charge in [-0.3, -0.25) is 9.52 Å². The van der Waals surface area contributed by atoms with Gasteiger partial charge in [0, 0.05) is 24.8 Å². The van der Waals surface area contributed by atoms with Gasteiger partial charge >= 0.3 is 5.97 Å². The Balaban J connectivity index is 1.53. The molecular weight excluding hydrogens is 498 g/mol. The van der Waals surface area contributed by atoms with E-state index >= 15 is 0 Å². The van der Waals surface area contributed by atoms with Gasteiger partial charge in [-0.1, -0.05) is 6.07 Å². The number of phenols is 1. The molecule has 0 spiro atoms. The summed E-state index contributed by atoms with van der Waals surface area (Å²) in [5.74, 6) is -1.86. The Labute approximate surface area is 213 Å². The Hall–Kier alpha value is -4.32. The monoisotopic (exact) mass is 523 g/mol. The Bertz CT molecular complexity index is 1420. The number of azo groups is 1. The number of carboxylic acid groups (broad SMARTS) is 1. The van der Waals surface area contributed by atoms with Gasteiger partial charge in [0.25, 0.3) is 10.0 Å². The first-order valence-electron chi connectivity index (χ1n) is 11.6. The van der Waals surface area contributed by atoms with Crippen LogP contribution in [0.3, 0.4) is 0 Å². The van der Waals surface area contributed by atoms with Crippen LogP contribution >= 0.6 is 0 Å². The van der Waals surface area contributed by atoms with E-state index < -0.39 is 21.7 Å². The number of aromatic nitrogens is 1. The van der Waals surface area contributed by atoms with Crippen LogP contribution in [0.2, 0.25) is 0 Å². The van der Waals surface area contributed by atoms with Crippen LogP contribution in [-0.4, -0.2) is 53.5 Å². The number of hydrogen-bond acceptors (Lipinski definition) is 8. The predicted octanol–water partition coefficient (Wildman–Crippen LogP) is 4.26. The molecule has 37 heavy (non-hydrogen) atoms. The first kappa shape index (κ1) is 25.8. The predicted molar refractivity (Wildman–Crippen MR) is 135 cm³/mol.